The van der Waals surface area contributed by atoms with Crippen molar-refractivity contribution in [2.45, 2.75) is 76.4 Å². The van der Waals surface area contributed by atoms with Crippen LogP contribution in [0.2, 0.25) is 0 Å². The molecule has 0 bridgehead atoms. The lowest BCUT2D eigenvalue weighted by molar-refractivity contribution is -0.0853. The molecular formula is C14H27NO. The van der Waals surface area contributed by atoms with E-state index >= 15 is 0 Å². The molecular weight excluding hydrogens is 198 g/mol. The molecule has 0 unspecified atom stereocenters. The molecule has 0 atom stereocenters. The number of hydrogen-bond acceptors (Lipinski definition) is 2. The summed E-state index contributed by atoms with van der Waals surface area (Å²) in [4.78, 5) is 0. The number of rotatable bonds is 6. The summed E-state index contributed by atoms with van der Waals surface area (Å²) in [6, 6.07) is 0. The monoisotopic (exact) mass is 225 g/mol. The van der Waals surface area contributed by atoms with E-state index < -0.39 is 0 Å². The molecule has 16 heavy (non-hydrogen) atoms. The second kappa shape index (κ2) is 6.02. The highest BCUT2D eigenvalue weighted by Gasteiger charge is 2.37. The minimum atomic E-state index is 0.199. The molecule has 0 aromatic rings. The molecule has 0 amide bonds. The van der Waals surface area contributed by atoms with E-state index in [0.29, 0.717) is 6.10 Å². The Hall–Kier alpha value is -0.0800. The Labute approximate surface area is 100 Å². The van der Waals surface area contributed by atoms with E-state index in [9.17, 15) is 0 Å². The average Bonchev–Trinajstić information content (AvgIpc) is 2.91. The highest BCUT2D eigenvalue weighted by Crippen LogP contribution is 2.36. The number of hydrogen-bond donors (Lipinski definition) is 1. The Morgan fingerprint density at radius 3 is 2.44 bits per heavy atom. The first-order valence-corrected chi connectivity index (χ1v) is 7.23. The van der Waals surface area contributed by atoms with E-state index in [-0.39, 0.29) is 5.60 Å². The van der Waals surface area contributed by atoms with Crippen molar-refractivity contribution in [3.05, 3.63) is 0 Å². The molecule has 2 rings (SSSR count). The van der Waals surface area contributed by atoms with Gasteiger partial charge in [0.1, 0.15) is 0 Å². The predicted molar refractivity (Wildman–Crippen MR) is 67.7 cm³/mol. The largest absolute Gasteiger partial charge is 0.370 e. The van der Waals surface area contributed by atoms with Crippen molar-refractivity contribution in [3.8, 4) is 0 Å². The minimum Gasteiger partial charge on any atom is -0.370 e. The molecule has 0 aromatic carbocycles. The number of nitrogens with one attached hydrogen (secondary N) is 1. The predicted octanol–water partition coefficient (Wildman–Crippen LogP) is 3.26. The van der Waals surface area contributed by atoms with Crippen LogP contribution in [0.15, 0.2) is 0 Å². The van der Waals surface area contributed by atoms with E-state index in [1.165, 1.54) is 57.8 Å². The van der Waals surface area contributed by atoms with Gasteiger partial charge in [-0.05, 0) is 38.6 Å². The van der Waals surface area contributed by atoms with Crippen LogP contribution in [0.4, 0.5) is 0 Å². The van der Waals surface area contributed by atoms with Crippen LogP contribution in [0.3, 0.4) is 0 Å². The van der Waals surface area contributed by atoms with Crippen LogP contribution in [0.1, 0.15) is 64.7 Å². The van der Waals surface area contributed by atoms with Gasteiger partial charge in [-0.1, -0.05) is 32.6 Å². The molecule has 0 radical (unpaired) electrons. The Bertz CT molecular complexity index is 193. The lowest BCUT2D eigenvalue weighted by Crippen LogP contribution is -2.43. The Balaban J connectivity index is 1.82. The van der Waals surface area contributed by atoms with Gasteiger partial charge >= 0.3 is 0 Å². The third-order valence-electron chi connectivity index (χ3n) is 4.11. The van der Waals surface area contributed by atoms with E-state index in [2.05, 4.69) is 12.2 Å². The van der Waals surface area contributed by atoms with Crippen molar-refractivity contribution in [1.82, 2.24) is 5.32 Å². The topological polar surface area (TPSA) is 21.3 Å². The van der Waals surface area contributed by atoms with Gasteiger partial charge in [-0.25, -0.2) is 0 Å². The van der Waals surface area contributed by atoms with Crippen LogP contribution in [0.25, 0.3) is 0 Å². The minimum absolute atomic E-state index is 0.199. The van der Waals surface area contributed by atoms with Crippen molar-refractivity contribution in [2.24, 2.45) is 0 Å². The third-order valence-corrected chi connectivity index (χ3v) is 4.11. The van der Waals surface area contributed by atoms with Crippen molar-refractivity contribution in [3.63, 3.8) is 0 Å². The molecule has 2 aliphatic rings. The maximum absolute atomic E-state index is 6.44. The summed E-state index contributed by atoms with van der Waals surface area (Å²) in [7, 11) is 0. The summed E-state index contributed by atoms with van der Waals surface area (Å²) in [5, 5.41) is 3.57. The summed E-state index contributed by atoms with van der Waals surface area (Å²) in [5.74, 6) is 0. The smallest absolute Gasteiger partial charge is 0.0810 e. The van der Waals surface area contributed by atoms with E-state index in [0.717, 1.165) is 13.1 Å². The standard InChI is InChI=1S/C14H27NO/c1-2-11-15-12-14(9-5-6-10-14)16-13-7-3-4-8-13/h13,15H,2-12H2,1H3. The van der Waals surface area contributed by atoms with Gasteiger partial charge in [0.2, 0.25) is 0 Å². The SMILES string of the molecule is CCCNCC1(OC2CCCC2)CCCC1. The zero-order valence-electron chi connectivity index (χ0n) is 10.8. The van der Waals surface area contributed by atoms with E-state index in [1.54, 1.807) is 0 Å². The van der Waals surface area contributed by atoms with Crippen molar-refractivity contribution in [2.75, 3.05) is 13.1 Å². The van der Waals surface area contributed by atoms with Gasteiger partial charge in [-0.3, -0.25) is 0 Å². The van der Waals surface area contributed by atoms with Gasteiger partial charge in [0.25, 0.3) is 0 Å². The summed E-state index contributed by atoms with van der Waals surface area (Å²) in [6.07, 6.45) is 12.4. The van der Waals surface area contributed by atoms with Crippen LogP contribution in [0, 0.1) is 0 Å². The van der Waals surface area contributed by atoms with Gasteiger partial charge in [-0.2, -0.15) is 0 Å². The first-order valence-electron chi connectivity index (χ1n) is 7.23. The summed E-state index contributed by atoms with van der Waals surface area (Å²) < 4.78 is 6.44. The molecule has 1 N–H and O–H groups in total. The lowest BCUT2D eigenvalue weighted by atomic mass is 10.0. The molecule has 0 heterocycles. The Morgan fingerprint density at radius 1 is 1.12 bits per heavy atom. The first-order chi connectivity index (χ1) is 7.85. The summed E-state index contributed by atoms with van der Waals surface area (Å²) >= 11 is 0. The molecule has 0 spiro atoms. The van der Waals surface area contributed by atoms with Crippen LogP contribution in [0.5, 0.6) is 0 Å². The Kier molecular flexibility index (Phi) is 4.66. The third kappa shape index (κ3) is 3.21. The maximum atomic E-state index is 6.44. The fourth-order valence-corrected chi connectivity index (χ4v) is 3.21. The van der Waals surface area contributed by atoms with Crippen LogP contribution in [-0.2, 0) is 4.74 Å². The lowest BCUT2D eigenvalue weighted by Gasteiger charge is -2.33. The molecule has 2 nitrogen and oxygen atoms in total. The van der Waals surface area contributed by atoms with Gasteiger partial charge < -0.3 is 10.1 Å². The second-order valence-corrected chi connectivity index (χ2v) is 5.59. The summed E-state index contributed by atoms with van der Waals surface area (Å²) in [5.41, 5.74) is 0.199. The van der Waals surface area contributed by atoms with Crippen LogP contribution < -0.4 is 5.32 Å². The zero-order chi connectivity index (χ0) is 11.3. The normalized spacial score (nSPS) is 25.3. The molecule has 2 saturated carbocycles. The van der Waals surface area contributed by atoms with Crippen molar-refractivity contribution in [1.29, 1.82) is 0 Å². The molecule has 2 aliphatic carbocycles. The van der Waals surface area contributed by atoms with Gasteiger partial charge in [-0.15, -0.1) is 0 Å². The number of ether oxygens (including phenoxy) is 1. The molecule has 2 heteroatoms. The van der Waals surface area contributed by atoms with Crippen molar-refractivity contribution < 1.29 is 4.74 Å². The molecule has 0 aromatic heterocycles. The Morgan fingerprint density at radius 2 is 1.81 bits per heavy atom. The fraction of sp³-hybridized carbons (Fsp3) is 1.00. The van der Waals surface area contributed by atoms with Crippen molar-refractivity contribution >= 4 is 0 Å². The van der Waals surface area contributed by atoms with Crippen LogP contribution >= 0.6 is 0 Å². The average molecular weight is 225 g/mol. The van der Waals surface area contributed by atoms with E-state index in [4.69, 9.17) is 4.74 Å². The van der Waals surface area contributed by atoms with Gasteiger partial charge in [0.05, 0.1) is 11.7 Å². The molecule has 2 fully saturated rings. The van der Waals surface area contributed by atoms with Gasteiger partial charge in [0, 0.05) is 6.54 Å². The van der Waals surface area contributed by atoms with E-state index in [1.807, 2.05) is 0 Å². The van der Waals surface area contributed by atoms with Gasteiger partial charge in [0.15, 0.2) is 0 Å². The van der Waals surface area contributed by atoms with Crippen LogP contribution in [-0.4, -0.2) is 24.8 Å². The first kappa shape index (κ1) is 12.4. The highest BCUT2D eigenvalue weighted by molar-refractivity contribution is 4.90. The molecule has 0 aliphatic heterocycles. The quantitative estimate of drug-likeness (QED) is 0.701. The highest BCUT2D eigenvalue weighted by atomic mass is 16.5. The summed E-state index contributed by atoms with van der Waals surface area (Å²) in [6.45, 7) is 4.44. The fourth-order valence-electron chi connectivity index (χ4n) is 3.21. The molecule has 0 saturated heterocycles. The molecule has 94 valence electrons. The zero-order valence-corrected chi connectivity index (χ0v) is 10.8. The maximum Gasteiger partial charge on any atom is 0.0810 e. The second-order valence-electron chi connectivity index (χ2n) is 5.59.